The van der Waals surface area contributed by atoms with Crippen molar-refractivity contribution in [3.05, 3.63) is 110 Å². The van der Waals surface area contributed by atoms with Crippen molar-refractivity contribution >= 4 is 40.1 Å². The van der Waals surface area contributed by atoms with Gasteiger partial charge in [-0.15, -0.1) is 0 Å². The van der Waals surface area contributed by atoms with Crippen LogP contribution in [0.5, 0.6) is 0 Å². The molecule has 1 unspecified atom stereocenters. The van der Waals surface area contributed by atoms with Crippen LogP contribution in [0.2, 0.25) is 5.02 Å². The summed E-state index contributed by atoms with van der Waals surface area (Å²) in [6.45, 7) is 0.124. The van der Waals surface area contributed by atoms with E-state index in [0.29, 0.717) is 21.7 Å². The number of aliphatic hydroxyl groups excluding tert-OH is 1. The number of anilines is 1. The lowest BCUT2D eigenvalue weighted by Gasteiger charge is -2.34. The predicted octanol–water partition coefficient (Wildman–Crippen LogP) is 4.08. The molecule has 2 aliphatic heterocycles. The quantitative estimate of drug-likeness (QED) is 0.446. The highest BCUT2D eigenvalue weighted by molar-refractivity contribution is 6.30. The first-order valence-corrected chi connectivity index (χ1v) is 12.0. The second kappa shape index (κ2) is 8.33. The van der Waals surface area contributed by atoms with Crippen LogP contribution >= 0.6 is 11.6 Å². The number of halogens is 1. The zero-order chi connectivity index (χ0) is 25.0. The van der Waals surface area contributed by atoms with Crippen LogP contribution in [-0.4, -0.2) is 35.0 Å². The van der Waals surface area contributed by atoms with E-state index in [1.807, 2.05) is 24.3 Å². The Morgan fingerprint density at radius 1 is 0.917 bits per heavy atom. The molecular formula is C28H21ClN2O5. The van der Waals surface area contributed by atoms with E-state index < -0.39 is 22.8 Å². The normalized spacial score (nSPS) is 18.4. The Morgan fingerprint density at radius 2 is 1.64 bits per heavy atom. The first-order chi connectivity index (χ1) is 17.5. The van der Waals surface area contributed by atoms with Gasteiger partial charge in [-0.25, -0.2) is 0 Å². The van der Waals surface area contributed by atoms with Crippen molar-refractivity contribution in [2.75, 3.05) is 18.1 Å². The molecule has 1 spiro atoms. The minimum Gasteiger partial charge on any atom is -0.450 e. The summed E-state index contributed by atoms with van der Waals surface area (Å²) in [6, 6.07) is 21.1. The maximum atomic E-state index is 14.5. The van der Waals surface area contributed by atoms with Crippen molar-refractivity contribution in [1.29, 1.82) is 0 Å². The lowest BCUT2D eigenvalue weighted by atomic mass is 9.84. The number of fused-ring (bicyclic) bond motifs is 5. The second-order valence-corrected chi connectivity index (χ2v) is 9.35. The molecule has 7 nitrogen and oxygen atoms in total. The Morgan fingerprint density at radius 3 is 2.42 bits per heavy atom. The van der Waals surface area contributed by atoms with Gasteiger partial charge in [-0.05, 0) is 42.3 Å². The summed E-state index contributed by atoms with van der Waals surface area (Å²) in [5.41, 5.74) is 0.205. The number of carbonyl (C=O) groups is 2. The van der Waals surface area contributed by atoms with Crippen LogP contribution < -0.4 is 10.3 Å². The van der Waals surface area contributed by atoms with Crippen molar-refractivity contribution in [2.45, 2.75) is 18.5 Å². The molecule has 1 aromatic heterocycles. The van der Waals surface area contributed by atoms with E-state index in [2.05, 4.69) is 0 Å². The van der Waals surface area contributed by atoms with E-state index in [-0.39, 0.29) is 43.0 Å². The third-order valence-electron chi connectivity index (χ3n) is 6.94. The maximum Gasteiger partial charge on any atom is 0.291 e. The smallest absolute Gasteiger partial charge is 0.291 e. The standard InChI is InChI=1S/C28H21ClN2O5/c29-18-12-10-17(11-13-18)16-30-21-8-3-2-7-20(21)28(27(30)35)23-24(33)19-6-1-4-9-22(19)36-25(23)26(34)31(28)14-5-15-32/h1-4,6-13,32H,5,14-16H2. The van der Waals surface area contributed by atoms with Crippen LogP contribution in [0.15, 0.2) is 82.0 Å². The fourth-order valence-corrected chi connectivity index (χ4v) is 5.52. The van der Waals surface area contributed by atoms with Crippen LogP contribution in [0.25, 0.3) is 11.0 Å². The van der Waals surface area contributed by atoms with E-state index >= 15 is 0 Å². The van der Waals surface area contributed by atoms with Crippen LogP contribution in [-0.2, 0) is 16.9 Å². The van der Waals surface area contributed by atoms with Gasteiger partial charge in [-0.1, -0.05) is 54.1 Å². The minimum absolute atomic E-state index is 0.0280. The van der Waals surface area contributed by atoms with E-state index in [1.165, 1.54) is 4.90 Å². The second-order valence-electron chi connectivity index (χ2n) is 8.91. The van der Waals surface area contributed by atoms with Gasteiger partial charge >= 0.3 is 0 Å². The van der Waals surface area contributed by atoms with Crippen LogP contribution in [0.3, 0.4) is 0 Å². The van der Waals surface area contributed by atoms with Gasteiger partial charge in [0.25, 0.3) is 11.8 Å². The Balaban J connectivity index is 1.63. The van der Waals surface area contributed by atoms with E-state index in [9.17, 15) is 19.5 Å². The number of carbonyl (C=O) groups excluding carboxylic acids is 2. The van der Waals surface area contributed by atoms with Crippen molar-refractivity contribution in [2.24, 2.45) is 0 Å². The van der Waals surface area contributed by atoms with Crippen molar-refractivity contribution in [3.63, 3.8) is 0 Å². The van der Waals surface area contributed by atoms with Crippen molar-refractivity contribution in [3.8, 4) is 0 Å². The number of para-hydroxylation sites is 2. The lowest BCUT2D eigenvalue weighted by molar-refractivity contribution is -0.126. The maximum absolute atomic E-state index is 14.5. The fraction of sp³-hybridized carbons (Fsp3) is 0.179. The number of aliphatic hydroxyl groups is 1. The SMILES string of the molecule is O=C1c2oc3ccccc3c(=O)c2C2(C(=O)N(Cc3ccc(Cl)cc3)c3ccccc32)N1CCCO. The zero-order valence-electron chi connectivity index (χ0n) is 19.1. The van der Waals surface area contributed by atoms with Gasteiger partial charge in [0.1, 0.15) is 5.58 Å². The van der Waals surface area contributed by atoms with Gasteiger partial charge in [0.05, 0.1) is 23.2 Å². The summed E-state index contributed by atoms with van der Waals surface area (Å²) >= 11 is 6.05. The highest BCUT2D eigenvalue weighted by atomic mass is 35.5. The number of hydrogen-bond acceptors (Lipinski definition) is 5. The number of hydrogen-bond donors (Lipinski definition) is 1. The molecular weight excluding hydrogens is 480 g/mol. The molecule has 0 saturated carbocycles. The van der Waals surface area contributed by atoms with E-state index in [1.54, 1.807) is 53.4 Å². The first kappa shape index (κ1) is 22.5. The molecule has 180 valence electrons. The molecule has 6 rings (SSSR count). The van der Waals surface area contributed by atoms with Gasteiger partial charge < -0.3 is 19.3 Å². The van der Waals surface area contributed by atoms with Gasteiger partial charge in [-0.2, -0.15) is 0 Å². The molecule has 0 aliphatic carbocycles. The average Bonchev–Trinajstić information content (AvgIpc) is 3.29. The Labute approximate surface area is 211 Å². The van der Waals surface area contributed by atoms with Gasteiger partial charge in [0.2, 0.25) is 5.76 Å². The van der Waals surface area contributed by atoms with E-state index in [0.717, 1.165) is 5.56 Å². The van der Waals surface area contributed by atoms with Crippen molar-refractivity contribution < 1.29 is 19.1 Å². The van der Waals surface area contributed by atoms with E-state index in [4.69, 9.17) is 16.0 Å². The fourth-order valence-electron chi connectivity index (χ4n) is 5.40. The monoisotopic (exact) mass is 500 g/mol. The molecule has 3 heterocycles. The van der Waals surface area contributed by atoms with Gasteiger partial charge in [0, 0.05) is 23.7 Å². The van der Waals surface area contributed by atoms with Crippen LogP contribution in [0.1, 0.15) is 33.7 Å². The summed E-state index contributed by atoms with van der Waals surface area (Å²) in [4.78, 5) is 45.2. The summed E-state index contributed by atoms with van der Waals surface area (Å²) in [7, 11) is 0. The Hall–Kier alpha value is -3.94. The molecule has 0 bridgehead atoms. The molecule has 8 heteroatoms. The number of benzene rings is 3. The molecule has 2 amide bonds. The molecule has 1 N–H and O–H groups in total. The number of nitrogens with zero attached hydrogens (tertiary/aromatic N) is 2. The van der Waals surface area contributed by atoms with Crippen LogP contribution in [0, 0.1) is 0 Å². The summed E-state index contributed by atoms with van der Waals surface area (Å²) in [5.74, 6) is -1.09. The summed E-state index contributed by atoms with van der Waals surface area (Å²) in [6.07, 6.45) is 0.238. The highest BCUT2D eigenvalue weighted by Gasteiger charge is 2.64. The summed E-state index contributed by atoms with van der Waals surface area (Å²) in [5, 5.41) is 10.5. The molecule has 4 aromatic rings. The Kier molecular flexibility index (Phi) is 5.21. The molecule has 0 radical (unpaired) electrons. The Bertz CT molecular complexity index is 1600. The first-order valence-electron chi connectivity index (χ1n) is 11.6. The molecule has 0 saturated heterocycles. The van der Waals surface area contributed by atoms with Crippen molar-refractivity contribution in [1.82, 2.24) is 4.90 Å². The molecule has 0 fully saturated rings. The topological polar surface area (TPSA) is 91.1 Å². The predicted molar refractivity (Wildman–Crippen MR) is 135 cm³/mol. The third kappa shape index (κ3) is 3.00. The average molecular weight is 501 g/mol. The van der Waals surface area contributed by atoms with Gasteiger partial charge in [-0.3, -0.25) is 14.4 Å². The third-order valence-corrected chi connectivity index (χ3v) is 7.19. The number of amides is 2. The molecule has 3 aromatic carbocycles. The largest absolute Gasteiger partial charge is 0.450 e. The highest BCUT2D eigenvalue weighted by Crippen LogP contribution is 2.52. The summed E-state index contributed by atoms with van der Waals surface area (Å²) < 4.78 is 5.99. The lowest BCUT2D eigenvalue weighted by Crippen LogP contribution is -2.53. The van der Waals surface area contributed by atoms with Gasteiger partial charge in [0.15, 0.2) is 11.0 Å². The molecule has 36 heavy (non-hydrogen) atoms. The molecule has 2 aliphatic rings. The zero-order valence-corrected chi connectivity index (χ0v) is 19.9. The minimum atomic E-state index is -1.69. The number of rotatable bonds is 5. The van der Waals surface area contributed by atoms with Crippen LogP contribution in [0.4, 0.5) is 5.69 Å². The molecule has 1 atom stereocenters.